The van der Waals surface area contributed by atoms with E-state index in [-0.39, 0.29) is 36.2 Å². The van der Waals surface area contributed by atoms with Crippen LogP contribution in [0.4, 0.5) is 14.5 Å². The fourth-order valence-electron chi connectivity index (χ4n) is 4.92. The van der Waals surface area contributed by atoms with Crippen LogP contribution in [0.5, 0.6) is 11.5 Å². The van der Waals surface area contributed by atoms with E-state index in [1.807, 2.05) is 19.1 Å². The van der Waals surface area contributed by atoms with Gasteiger partial charge in [-0.2, -0.15) is 0 Å². The van der Waals surface area contributed by atoms with Crippen LogP contribution in [0.15, 0.2) is 43.2 Å². The number of allylic oxidation sites excluding steroid dienone is 1. The van der Waals surface area contributed by atoms with Crippen molar-refractivity contribution in [3.05, 3.63) is 77.3 Å². The third kappa shape index (κ3) is 3.94. The summed E-state index contributed by atoms with van der Waals surface area (Å²) < 4.78 is 40.7. The molecule has 0 radical (unpaired) electrons. The predicted octanol–water partition coefficient (Wildman–Crippen LogP) is 4.62. The number of pyridine rings is 2. The van der Waals surface area contributed by atoms with Crippen molar-refractivity contribution < 1.29 is 27.8 Å². The molecule has 190 valence electrons. The Bertz CT molecular complexity index is 1440. The summed E-state index contributed by atoms with van der Waals surface area (Å²) in [6.07, 6.45) is 5.83. The van der Waals surface area contributed by atoms with Crippen LogP contribution in [-0.4, -0.2) is 35.9 Å². The van der Waals surface area contributed by atoms with Gasteiger partial charge in [0.2, 0.25) is 5.91 Å². The Morgan fingerprint density at radius 1 is 1.11 bits per heavy atom. The van der Waals surface area contributed by atoms with E-state index in [0.29, 0.717) is 24.1 Å². The van der Waals surface area contributed by atoms with Crippen LogP contribution in [-0.2, 0) is 28.0 Å². The van der Waals surface area contributed by atoms with Crippen molar-refractivity contribution in [1.29, 1.82) is 0 Å². The van der Waals surface area contributed by atoms with Gasteiger partial charge in [0.1, 0.15) is 5.69 Å². The number of nitrogens with zero attached hydrogens (tertiary/aromatic N) is 3. The number of ketones is 1. The number of ether oxygens (including phenoxy) is 2. The fourth-order valence-corrected chi connectivity index (χ4v) is 4.92. The smallest absolute Gasteiger partial charge is 0.238 e. The van der Waals surface area contributed by atoms with E-state index in [1.54, 1.807) is 12.4 Å². The number of carbonyl (C=O) groups is 2. The standard InChI is InChI=1S/C28H25F2N3O4/c1-5-18(34)8-16-9-19(15(2)31-12-16)21-10-20-17(13-32-21)14-33(27(35)28(20)6-7-28)26-24(29)22(36-3)11-23(37-4)25(26)30/h5,9-13H,1,6-8,14H2,2-4H3. The van der Waals surface area contributed by atoms with Crippen LogP contribution in [0.2, 0.25) is 0 Å². The van der Waals surface area contributed by atoms with Crippen LogP contribution in [0, 0.1) is 18.6 Å². The van der Waals surface area contributed by atoms with Crippen LogP contribution < -0.4 is 14.4 Å². The summed E-state index contributed by atoms with van der Waals surface area (Å²) in [5.41, 5.74) is 2.92. The zero-order valence-electron chi connectivity index (χ0n) is 20.7. The topological polar surface area (TPSA) is 81.6 Å². The Balaban J connectivity index is 1.59. The highest BCUT2D eigenvalue weighted by Crippen LogP contribution is 2.55. The first-order valence-corrected chi connectivity index (χ1v) is 11.8. The summed E-state index contributed by atoms with van der Waals surface area (Å²) >= 11 is 0. The minimum absolute atomic E-state index is 0.0571. The van der Waals surface area contributed by atoms with Gasteiger partial charge >= 0.3 is 0 Å². The molecule has 2 aromatic heterocycles. The molecule has 1 saturated carbocycles. The van der Waals surface area contributed by atoms with E-state index >= 15 is 8.78 Å². The van der Waals surface area contributed by atoms with Crippen molar-refractivity contribution in [3.8, 4) is 22.8 Å². The molecule has 1 spiro atoms. The number of halogens is 2. The van der Waals surface area contributed by atoms with Gasteiger partial charge < -0.3 is 14.4 Å². The first-order valence-electron chi connectivity index (χ1n) is 11.8. The quantitative estimate of drug-likeness (QED) is 0.436. The lowest BCUT2D eigenvalue weighted by atomic mass is 9.85. The molecule has 1 fully saturated rings. The maximum absolute atomic E-state index is 15.3. The predicted molar refractivity (Wildman–Crippen MR) is 133 cm³/mol. The highest BCUT2D eigenvalue weighted by atomic mass is 19.1. The summed E-state index contributed by atoms with van der Waals surface area (Å²) in [5, 5.41) is 0. The molecule has 1 aliphatic heterocycles. The molecule has 9 heteroatoms. The lowest BCUT2D eigenvalue weighted by Gasteiger charge is -2.35. The Kier molecular flexibility index (Phi) is 6.01. The van der Waals surface area contributed by atoms with Crippen molar-refractivity contribution in [1.82, 2.24) is 9.97 Å². The number of aryl methyl sites for hydroxylation is 1. The number of hydrogen-bond acceptors (Lipinski definition) is 6. The molecule has 5 rings (SSSR count). The number of benzene rings is 1. The third-order valence-electron chi connectivity index (χ3n) is 7.08. The molecule has 7 nitrogen and oxygen atoms in total. The molecular weight excluding hydrogens is 480 g/mol. The molecule has 1 aromatic carbocycles. The minimum Gasteiger partial charge on any atom is -0.493 e. The molecule has 1 amide bonds. The minimum atomic E-state index is -0.967. The molecule has 0 N–H and O–H groups in total. The first-order chi connectivity index (χ1) is 17.7. The monoisotopic (exact) mass is 505 g/mol. The van der Waals surface area contributed by atoms with Gasteiger partial charge in [-0.25, -0.2) is 8.78 Å². The largest absolute Gasteiger partial charge is 0.493 e. The van der Waals surface area contributed by atoms with Gasteiger partial charge in [-0.3, -0.25) is 19.6 Å². The second-order valence-corrected chi connectivity index (χ2v) is 9.28. The number of carbonyl (C=O) groups excluding carboxylic acids is 2. The maximum atomic E-state index is 15.3. The van der Waals surface area contributed by atoms with E-state index < -0.39 is 22.7 Å². The SMILES string of the molecule is C=CC(=O)Cc1cnc(C)c(-c2cc3c(cn2)CN(c2c(F)c(OC)cc(OC)c2F)C(=O)C32CC2)c1. The zero-order valence-corrected chi connectivity index (χ0v) is 20.7. The van der Waals surface area contributed by atoms with Crippen LogP contribution in [0.3, 0.4) is 0 Å². The van der Waals surface area contributed by atoms with Gasteiger partial charge in [0, 0.05) is 36.1 Å². The van der Waals surface area contributed by atoms with E-state index in [0.717, 1.165) is 33.4 Å². The Morgan fingerprint density at radius 3 is 2.38 bits per heavy atom. The first kappa shape index (κ1) is 24.5. The van der Waals surface area contributed by atoms with Gasteiger partial charge in [0.15, 0.2) is 28.9 Å². The fraction of sp³-hybridized carbons (Fsp3) is 0.286. The summed E-state index contributed by atoms with van der Waals surface area (Å²) in [5.74, 6) is -2.88. The van der Waals surface area contributed by atoms with Gasteiger partial charge in [-0.15, -0.1) is 0 Å². The van der Waals surface area contributed by atoms with E-state index in [1.165, 1.54) is 20.3 Å². The molecule has 1 aliphatic carbocycles. The second-order valence-electron chi connectivity index (χ2n) is 9.28. The van der Waals surface area contributed by atoms with E-state index in [9.17, 15) is 9.59 Å². The average Bonchev–Trinajstić information content (AvgIpc) is 3.70. The Labute approximate surface area is 212 Å². The molecular formula is C28H25F2N3O4. The lowest BCUT2D eigenvalue weighted by Crippen LogP contribution is -2.45. The normalized spacial score (nSPS) is 15.4. The lowest BCUT2D eigenvalue weighted by molar-refractivity contribution is -0.121. The number of methoxy groups -OCH3 is 2. The van der Waals surface area contributed by atoms with E-state index in [2.05, 4.69) is 16.5 Å². The van der Waals surface area contributed by atoms with Crippen molar-refractivity contribution in [2.24, 2.45) is 0 Å². The number of fused-ring (bicyclic) bond motifs is 2. The van der Waals surface area contributed by atoms with Gasteiger partial charge in [-0.1, -0.05) is 6.58 Å². The molecule has 0 unspecified atom stereocenters. The van der Waals surface area contributed by atoms with Crippen molar-refractivity contribution in [2.75, 3.05) is 19.1 Å². The highest BCUT2D eigenvalue weighted by Gasteiger charge is 2.57. The number of aromatic nitrogens is 2. The van der Waals surface area contributed by atoms with Crippen molar-refractivity contribution in [2.45, 2.75) is 38.1 Å². The summed E-state index contributed by atoms with van der Waals surface area (Å²) in [6, 6.07) is 4.84. The number of anilines is 1. The molecule has 0 saturated heterocycles. The average molecular weight is 506 g/mol. The second kappa shape index (κ2) is 9.06. The molecule has 3 heterocycles. The Hall–Kier alpha value is -4.14. The van der Waals surface area contributed by atoms with Gasteiger partial charge in [-0.05, 0) is 54.7 Å². The van der Waals surface area contributed by atoms with Crippen LogP contribution >= 0.6 is 0 Å². The van der Waals surface area contributed by atoms with Crippen LogP contribution in [0.25, 0.3) is 11.3 Å². The molecule has 2 aliphatic rings. The van der Waals surface area contributed by atoms with E-state index in [4.69, 9.17) is 9.47 Å². The molecule has 0 bridgehead atoms. The third-order valence-corrected chi connectivity index (χ3v) is 7.08. The molecule has 3 aromatic rings. The molecule has 0 atom stereocenters. The molecule has 37 heavy (non-hydrogen) atoms. The van der Waals surface area contributed by atoms with Gasteiger partial charge in [0.25, 0.3) is 0 Å². The highest BCUT2D eigenvalue weighted by molar-refractivity contribution is 6.05. The van der Waals surface area contributed by atoms with Crippen molar-refractivity contribution >= 4 is 17.4 Å². The maximum Gasteiger partial charge on any atom is 0.238 e. The summed E-state index contributed by atoms with van der Waals surface area (Å²) in [6.45, 7) is 5.30. The van der Waals surface area contributed by atoms with Gasteiger partial charge in [0.05, 0.1) is 31.9 Å². The number of rotatable bonds is 7. The van der Waals surface area contributed by atoms with Crippen molar-refractivity contribution in [3.63, 3.8) is 0 Å². The number of hydrogen-bond donors (Lipinski definition) is 0. The number of amides is 1. The van der Waals surface area contributed by atoms with Crippen LogP contribution in [0.1, 0.15) is 35.2 Å². The Morgan fingerprint density at radius 2 is 1.78 bits per heavy atom. The zero-order chi connectivity index (χ0) is 26.5. The summed E-state index contributed by atoms with van der Waals surface area (Å²) in [4.78, 5) is 35.7. The summed E-state index contributed by atoms with van der Waals surface area (Å²) in [7, 11) is 2.53.